The molecule has 0 amide bonds. The molecule has 1 aliphatic heterocycles. The molecule has 3 heteroatoms. The van der Waals surface area contributed by atoms with Gasteiger partial charge >= 0.3 is 0 Å². The van der Waals surface area contributed by atoms with E-state index in [1.165, 1.54) is 0 Å². The van der Waals surface area contributed by atoms with Gasteiger partial charge in [0.05, 0.1) is 11.9 Å². The molecule has 0 fully saturated rings. The molecule has 0 bridgehead atoms. The molecule has 2 rings (SSSR count). The number of anilines is 1. The molecule has 0 saturated carbocycles. The van der Waals surface area contributed by atoms with Crippen molar-refractivity contribution in [1.82, 2.24) is 0 Å². The highest BCUT2D eigenvalue weighted by Gasteiger charge is 2.09. The Bertz CT molecular complexity index is 320. The maximum atomic E-state index is 5.67. The van der Waals surface area contributed by atoms with Gasteiger partial charge in [-0.2, -0.15) is 0 Å². The predicted molar refractivity (Wildman–Crippen MR) is 46.1 cm³/mol. The van der Waals surface area contributed by atoms with Gasteiger partial charge in [0.15, 0.2) is 11.5 Å². The Labute approximate surface area is 70.4 Å². The average molecular weight is 163 g/mol. The first-order chi connectivity index (χ1) is 5.88. The quantitative estimate of drug-likeness (QED) is 0.590. The van der Waals surface area contributed by atoms with E-state index in [-0.39, 0.29) is 0 Å². The third kappa shape index (κ3) is 1.09. The summed E-state index contributed by atoms with van der Waals surface area (Å²) in [6, 6.07) is 5.45. The maximum Gasteiger partial charge on any atom is 0.191 e. The molecule has 2 N–H and O–H groups in total. The van der Waals surface area contributed by atoms with Gasteiger partial charge in [0, 0.05) is 0 Å². The first-order valence-electron chi connectivity index (χ1n) is 3.71. The zero-order chi connectivity index (χ0) is 8.39. The number of para-hydroxylation sites is 1. The van der Waals surface area contributed by atoms with Gasteiger partial charge in [-0.05, 0) is 18.2 Å². The van der Waals surface area contributed by atoms with E-state index in [0.717, 1.165) is 0 Å². The molecule has 0 saturated heterocycles. The topological polar surface area (TPSA) is 44.5 Å². The molecule has 0 radical (unpaired) electrons. The number of rotatable bonds is 0. The molecule has 0 spiro atoms. The Hall–Kier alpha value is -1.64. The Balaban J connectivity index is 2.48. The zero-order valence-corrected chi connectivity index (χ0v) is 6.49. The lowest BCUT2D eigenvalue weighted by Crippen LogP contribution is -1.94. The largest absolute Gasteiger partial charge is 0.485 e. The van der Waals surface area contributed by atoms with Crippen LogP contribution in [0.25, 0.3) is 0 Å². The molecule has 1 heterocycles. The van der Waals surface area contributed by atoms with Crippen LogP contribution in [0.3, 0.4) is 0 Å². The third-order valence-corrected chi connectivity index (χ3v) is 1.63. The van der Waals surface area contributed by atoms with Gasteiger partial charge in [-0.1, -0.05) is 6.07 Å². The molecule has 12 heavy (non-hydrogen) atoms. The SMILES string of the molecule is Nc1cccc2c1OC=CCO2. The number of benzene rings is 1. The van der Waals surface area contributed by atoms with Crippen LogP contribution < -0.4 is 15.2 Å². The second-order valence-corrected chi connectivity index (χ2v) is 2.48. The highest BCUT2D eigenvalue weighted by molar-refractivity contribution is 5.60. The van der Waals surface area contributed by atoms with Gasteiger partial charge in [0.25, 0.3) is 0 Å². The van der Waals surface area contributed by atoms with E-state index in [4.69, 9.17) is 15.2 Å². The van der Waals surface area contributed by atoms with Crippen LogP contribution in [0.1, 0.15) is 0 Å². The summed E-state index contributed by atoms with van der Waals surface area (Å²) in [5, 5.41) is 0. The maximum absolute atomic E-state index is 5.67. The van der Waals surface area contributed by atoms with Crippen LogP contribution >= 0.6 is 0 Å². The van der Waals surface area contributed by atoms with Crippen molar-refractivity contribution in [3.8, 4) is 11.5 Å². The summed E-state index contributed by atoms with van der Waals surface area (Å²) >= 11 is 0. The van der Waals surface area contributed by atoms with E-state index in [1.807, 2.05) is 12.1 Å². The highest BCUT2D eigenvalue weighted by Crippen LogP contribution is 2.34. The third-order valence-electron chi connectivity index (χ3n) is 1.63. The van der Waals surface area contributed by atoms with Gasteiger partial charge in [0.1, 0.15) is 6.61 Å². The van der Waals surface area contributed by atoms with E-state index in [1.54, 1.807) is 18.4 Å². The summed E-state index contributed by atoms with van der Waals surface area (Å²) in [6.45, 7) is 0.524. The first-order valence-corrected chi connectivity index (χ1v) is 3.71. The molecule has 0 atom stereocenters. The summed E-state index contributed by atoms with van der Waals surface area (Å²) in [5.74, 6) is 1.30. The predicted octanol–water partition coefficient (Wildman–Crippen LogP) is 1.55. The number of nitrogens with two attached hydrogens (primary N) is 1. The van der Waals surface area contributed by atoms with E-state index < -0.39 is 0 Å². The minimum absolute atomic E-state index is 0.524. The molecule has 62 valence electrons. The van der Waals surface area contributed by atoms with Crippen molar-refractivity contribution in [2.24, 2.45) is 0 Å². The zero-order valence-electron chi connectivity index (χ0n) is 6.49. The number of hydrogen-bond donors (Lipinski definition) is 1. The molecule has 0 unspecified atom stereocenters. The van der Waals surface area contributed by atoms with E-state index >= 15 is 0 Å². The van der Waals surface area contributed by atoms with Crippen LogP contribution in [0.2, 0.25) is 0 Å². The van der Waals surface area contributed by atoms with Crippen molar-refractivity contribution in [1.29, 1.82) is 0 Å². The Morgan fingerprint density at radius 3 is 3.17 bits per heavy atom. The van der Waals surface area contributed by atoms with Crippen LogP contribution in [0.4, 0.5) is 5.69 Å². The number of fused-ring (bicyclic) bond motifs is 1. The molecule has 1 aromatic rings. The second-order valence-electron chi connectivity index (χ2n) is 2.48. The first kappa shape index (κ1) is 7.03. The molecular weight excluding hydrogens is 154 g/mol. The summed E-state index contributed by atoms with van der Waals surface area (Å²) in [4.78, 5) is 0. The van der Waals surface area contributed by atoms with Crippen LogP contribution in [0.15, 0.2) is 30.5 Å². The average Bonchev–Trinajstić information content (AvgIpc) is 2.30. The summed E-state index contributed by atoms with van der Waals surface area (Å²) < 4.78 is 10.6. The van der Waals surface area contributed by atoms with Gasteiger partial charge in [-0.25, -0.2) is 0 Å². The summed E-state index contributed by atoms with van der Waals surface area (Å²) in [5.41, 5.74) is 6.27. The number of hydrogen-bond acceptors (Lipinski definition) is 3. The van der Waals surface area contributed by atoms with E-state index in [9.17, 15) is 0 Å². The smallest absolute Gasteiger partial charge is 0.191 e. The van der Waals surface area contributed by atoms with Crippen LogP contribution in [-0.2, 0) is 0 Å². The minimum Gasteiger partial charge on any atom is -0.485 e. The van der Waals surface area contributed by atoms with Crippen molar-refractivity contribution < 1.29 is 9.47 Å². The fourth-order valence-corrected chi connectivity index (χ4v) is 1.07. The van der Waals surface area contributed by atoms with Gasteiger partial charge in [-0.15, -0.1) is 0 Å². The highest BCUT2D eigenvalue weighted by atomic mass is 16.5. The lowest BCUT2D eigenvalue weighted by atomic mass is 10.3. The molecule has 1 aromatic carbocycles. The van der Waals surface area contributed by atoms with Crippen LogP contribution in [-0.4, -0.2) is 6.61 Å². The van der Waals surface area contributed by atoms with Gasteiger partial charge in [0.2, 0.25) is 0 Å². The standard InChI is InChI=1S/C9H9NO2/c10-7-3-1-4-8-9(7)12-6-2-5-11-8/h1-4,6H,5,10H2. The van der Waals surface area contributed by atoms with Crippen molar-refractivity contribution in [3.05, 3.63) is 30.5 Å². The fraction of sp³-hybridized carbons (Fsp3) is 0.111. The lowest BCUT2D eigenvalue weighted by Gasteiger charge is -2.07. The van der Waals surface area contributed by atoms with Gasteiger partial charge in [-0.3, -0.25) is 0 Å². The van der Waals surface area contributed by atoms with Crippen LogP contribution in [0.5, 0.6) is 11.5 Å². The second kappa shape index (κ2) is 2.77. The molecule has 1 aliphatic rings. The minimum atomic E-state index is 0.524. The normalized spacial score (nSPS) is 14.0. The summed E-state index contributed by atoms with van der Waals surface area (Å²) in [7, 11) is 0. The molecule has 0 aromatic heterocycles. The summed E-state index contributed by atoms with van der Waals surface area (Å²) in [6.07, 6.45) is 3.38. The molecule has 0 aliphatic carbocycles. The van der Waals surface area contributed by atoms with Crippen molar-refractivity contribution in [2.75, 3.05) is 12.3 Å². The Morgan fingerprint density at radius 1 is 1.33 bits per heavy atom. The van der Waals surface area contributed by atoms with Crippen LogP contribution in [0, 0.1) is 0 Å². The Kier molecular flexibility index (Phi) is 1.63. The lowest BCUT2D eigenvalue weighted by molar-refractivity contribution is 0.357. The Morgan fingerprint density at radius 2 is 2.25 bits per heavy atom. The fourth-order valence-electron chi connectivity index (χ4n) is 1.07. The van der Waals surface area contributed by atoms with Gasteiger partial charge < -0.3 is 15.2 Å². The molecule has 3 nitrogen and oxygen atoms in total. The molecular formula is C9H9NO2. The van der Waals surface area contributed by atoms with E-state index in [2.05, 4.69) is 0 Å². The monoisotopic (exact) mass is 163 g/mol. The van der Waals surface area contributed by atoms with E-state index in [0.29, 0.717) is 23.8 Å². The van der Waals surface area contributed by atoms with Crippen molar-refractivity contribution >= 4 is 5.69 Å². The van der Waals surface area contributed by atoms with Crippen molar-refractivity contribution in [2.45, 2.75) is 0 Å². The van der Waals surface area contributed by atoms with Crippen molar-refractivity contribution in [3.63, 3.8) is 0 Å². The number of nitrogen functional groups attached to an aromatic ring is 1. The number of ether oxygens (including phenoxy) is 2.